The van der Waals surface area contributed by atoms with Crippen molar-refractivity contribution >= 4 is 23.8 Å². The summed E-state index contributed by atoms with van der Waals surface area (Å²) in [7, 11) is 1.30. The third-order valence-corrected chi connectivity index (χ3v) is 9.73. The van der Waals surface area contributed by atoms with Crippen LogP contribution in [0.3, 0.4) is 0 Å². The van der Waals surface area contributed by atoms with Crippen LogP contribution in [0.25, 0.3) is 5.69 Å². The van der Waals surface area contributed by atoms with Crippen LogP contribution in [-0.2, 0) is 38.6 Å². The van der Waals surface area contributed by atoms with Gasteiger partial charge in [-0.05, 0) is 44.8 Å². The van der Waals surface area contributed by atoms with Gasteiger partial charge in [-0.1, -0.05) is 116 Å². The Hall–Kier alpha value is -5.08. The molecular formula is C38H40N6O6S. The van der Waals surface area contributed by atoms with Crippen molar-refractivity contribution in [1.29, 1.82) is 0 Å². The number of esters is 1. The molecule has 0 saturated carbocycles. The number of carbonyl (C=O) groups excluding carboxylic acids is 2. The summed E-state index contributed by atoms with van der Waals surface area (Å²) in [6, 6.07) is 33.3. The predicted molar refractivity (Wildman–Crippen MR) is 191 cm³/mol. The number of nitrogens with zero attached hydrogens (tertiary/aromatic N) is 4. The van der Waals surface area contributed by atoms with E-state index in [1.165, 1.54) is 18.9 Å². The zero-order valence-corrected chi connectivity index (χ0v) is 29.1. The number of para-hydroxylation sites is 1. The smallest absolute Gasteiger partial charge is 0.328 e. The Labute approximate surface area is 300 Å². The fourth-order valence-electron chi connectivity index (χ4n) is 5.84. The van der Waals surface area contributed by atoms with Crippen LogP contribution in [0.1, 0.15) is 47.1 Å². The molecule has 51 heavy (non-hydrogen) atoms. The van der Waals surface area contributed by atoms with Gasteiger partial charge in [-0.15, -0.1) is 5.10 Å². The number of benzene rings is 4. The highest BCUT2D eigenvalue weighted by atomic mass is 32.2. The molecule has 5 atom stereocenters. The maximum atomic E-state index is 12.8. The fraction of sp³-hybridized carbons (Fsp3) is 0.289. The van der Waals surface area contributed by atoms with Crippen molar-refractivity contribution < 1.29 is 28.9 Å². The second-order valence-corrected chi connectivity index (χ2v) is 13.2. The molecule has 0 radical (unpaired) electrons. The minimum absolute atomic E-state index is 0.0209. The summed E-state index contributed by atoms with van der Waals surface area (Å²) >= 11 is 1.52. The summed E-state index contributed by atoms with van der Waals surface area (Å²) in [6.45, 7) is 2.31. The fourth-order valence-corrected chi connectivity index (χ4v) is 6.89. The van der Waals surface area contributed by atoms with Crippen LogP contribution in [0.4, 0.5) is 4.79 Å². The summed E-state index contributed by atoms with van der Waals surface area (Å²) in [5.74, 6) is 0.0367. The average Bonchev–Trinajstić information content (AvgIpc) is 3.66. The summed E-state index contributed by atoms with van der Waals surface area (Å²) < 4.78 is 19.8. The molecule has 0 bridgehead atoms. The van der Waals surface area contributed by atoms with Crippen molar-refractivity contribution in [2.24, 2.45) is 5.92 Å². The van der Waals surface area contributed by atoms with Gasteiger partial charge in [0.1, 0.15) is 6.04 Å². The number of thioether (sulfide) groups is 1. The van der Waals surface area contributed by atoms with Crippen molar-refractivity contribution in [1.82, 2.24) is 30.8 Å². The van der Waals surface area contributed by atoms with Crippen molar-refractivity contribution in [3.63, 3.8) is 0 Å². The van der Waals surface area contributed by atoms with E-state index in [-0.39, 0.29) is 31.3 Å². The molecule has 0 aliphatic carbocycles. The molecule has 264 valence electrons. The van der Waals surface area contributed by atoms with Gasteiger partial charge in [-0.25, -0.2) is 9.59 Å². The largest absolute Gasteiger partial charge is 0.467 e. The van der Waals surface area contributed by atoms with E-state index in [0.717, 1.165) is 33.5 Å². The highest BCUT2D eigenvalue weighted by Gasteiger charge is 2.38. The maximum absolute atomic E-state index is 12.8. The monoisotopic (exact) mass is 708 g/mol. The molecule has 0 spiro atoms. The van der Waals surface area contributed by atoms with Gasteiger partial charge in [0, 0.05) is 30.2 Å². The van der Waals surface area contributed by atoms with Gasteiger partial charge < -0.3 is 30.0 Å². The number of amides is 2. The van der Waals surface area contributed by atoms with Crippen LogP contribution in [0, 0.1) is 5.92 Å². The van der Waals surface area contributed by atoms with E-state index in [0.29, 0.717) is 17.3 Å². The van der Waals surface area contributed by atoms with Gasteiger partial charge in [-0.3, -0.25) is 0 Å². The number of methoxy groups -OCH3 is 1. The molecule has 1 aliphatic heterocycles. The van der Waals surface area contributed by atoms with Gasteiger partial charge >= 0.3 is 12.0 Å². The van der Waals surface area contributed by atoms with Crippen LogP contribution in [-0.4, -0.2) is 62.3 Å². The van der Waals surface area contributed by atoms with Crippen LogP contribution in [0.5, 0.6) is 0 Å². The molecular weight excluding hydrogens is 669 g/mol. The topological polar surface area (TPSA) is 150 Å². The van der Waals surface area contributed by atoms with E-state index in [9.17, 15) is 14.7 Å². The first kappa shape index (κ1) is 35.7. The number of hydrogen-bond donors (Lipinski definition) is 3. The number of aromatic nitrogens is 4. The molecule has 0 unspecified atom stereocenters. The molecule has 1 aliphatic rings. The number of tetrazole rings is 1. The second-order valence-electron chi connectivity index (χ2n) is 12.2. The Morgan fingerprint density at radius 1 is 0.882 bits per heavy atom. The lowest BCUT2D eigenvalue weighted by Crippen LogP contribution is -2.47. The zero-order chi connectivity index (χ0) is 35.6. The summed E-state index contributed by atoms with van der Waals surface area (Å²) in [5.41, 5.74) is 5.26. The van der Waals surface area contributed by atoms with Gasteiger partial charge in [-0.2, -0.15) is 4.68 Å². The SMILES string of the molecule is COC(=O)[C@H](Cc1ccccc1)NC(=O)NCc1ccc([C@@H]2O[C@H](CSc3nnnn3-c3ccccc3)[C@H](C)[C@H](c3ccc(CO)cc3)O2)cc1. The lowest BCUT2D eigenvalue weighted by molar-refractivity contribution is -0.268. The Morgan fingerprint density at radius 2 is 1.55 bits per heavy atom. The first-order valence-electron chi connectivity index (χ1n) is 16.6. The molecule has 12 nitrogen and oxygen atoms in total. The number of nitrogens with one attached hydrogen (secondary N) is 2. The second kappa shape index (κ2) is 17.2. The minimum atomic E-state index is -0.826. The van der Waals surface area contributed by atoms with E-state index in [1.807, 2.05) is 109 Å². The molecule has 5 aromatic rings. The summed E-state index contributed by atoms with van der Waals surface area (Å²) in [5, 5.41) is 28.1. The third-order valence-electron chi connectivity index (χ3n) is 8.72. The standard InChI is InChI=1S/C38H40N6O6S/c1-25-33(24-51-38-41-42-43-44(38)31-11-7-4-8-12-31)49-36(50-34(25)29-17-15-28(23-45)16-18-29)30-19-13-27(14-20-30)22-39-37(47)40-32(35(46)48-2)21-26-9-5-3-6-10-26/h3-20,25,32-34,36,45H,21-24H2,1-2H3,(H2,39,40,47)/t25-,32-,33+,34+,36+/m0/s1. The van der Waals surface area contributed by atoms with E-state index >= 15 is 0 Å². The highest BCUT2D eigenvalue weighted by Crippen LogP contribution is 2.43. The first-order chi connectivity index (χ1) is 24.9. The maximum Gasteiger partial charge on any atom is 0.328 e. The number of hydrogen-bond acceptors (Lipinski definition) is 10. The van der Waals surface area contributed by atoms with E-state index < -0.39 is 24.3 Å². The molecule has 3 N–H and O–H groups in total. The quantitative estimate of drug-likeness (QED) is 0.108. The van der Waals surface area contributed by atoms with Crippen LogP contribution in [0.15, 0.2) is 114 Å². The number of ether oxygens (including phenoxy) is 3. The molecule has 1 saturated heterocycles. The molecule has 1 fully saturated rings. The van der Waals surface area contributed by atoms with Crippen LogP contribution in [0.2, 0.25) is 0 Å². The van der Waals surface area contributed by atoms with Crippen molar-refractivity contribution in [3.05, 3.63) is 137 Å². The Bertz CT molecular complexity index is 1860. The van der Waals surface area contributed by atoms with Gasteiger partial charge in [0.15, 0.2) is 6.29 Å². The number of carbonyl (C=O) groups is 2. The number of urea groups is 1. The van der Waals surface area contributed by atoms with Crippen molar-refractivity contribution in [2.75, 3.05) is 12.9 Å². The Morgan fingerprint density at radius 3 is 2.24 bits per heavy atom. The van der Waals surface area contributed by atoms with Crippen LogP contribution >= 0.6 is 11.8 Å². The Balaban J connectivity index is 1.12. The highest BCUT2D eigenvalue weighted by molar-refractivity contribution is 7.99. The third kappa shape index (κ3) is 9.18. The van der Waals surface area contributed by atoms with E-state index in [1.54, 1.807) is 4.68 Å². The number of aliphatic hydroxyl groups is 1. The number of aliphatic hydroxyl groups excluding tert-OH is 1. The average molecular weight is 709 g/mol. The van der Waals surface area contributed by atoms with Gasteiger partial charge in [0.2, 0.25) is 5.16 Å². The molecule has 2 amide bonds. The normalized spacial score (nSPS) is 19.2. The zero-order valence-electron chi connectivity index (χ0n) is 28.3. The lowest BCUT2D eigenvalue weighted by Gasteiger charge is -2.41. The van der Waals surface area contributed by atoms with E-state index in [4.69, 9.17) is 14.2 Å². The lowest BCUT2D eigenvalue weighted by atomic mass is 9.91. The van der Waals surface area contributed by atoms with Crippen molar-refractivity contribution in [2.45, 2.75) is 56.2 Å². The predicted octanol–water partition coefficient (Wildman–Crippen LogP) is 5.32. The number of rotatable bonds is 13. The summed E-state index contributed by atoms with van der Waals surface area (Å²) in [6.07, 6.45) is -0.855. The molecule has 2 heterocycles. The van der Waals surface area contributed by atoms with Crippen LogP contribution < -0.4 is 10.6 Å². The van der Waals surface area contributed by atoms with E-state index in [2.05, 4.69) is 33.1 Å². The van der Waals surface area contributed by atoms with Crippen molar-refractivity contribution in [3.8, 4) is 5.69 Å². The first-order valence-corrected chi connectivity index (χ1v) is 17.6. The molecule has 4 aromatic carbocycles. The Kier molecular flexibility index (Phi) is 12.1. The molecule has 1 aromatic heterocycles. The summed E-state index contributed by atoms with van der Waals surface area (Å²) in [4.78, 5) is 25.1. The van der Waals surface area contributed by atoms with Gasteiger partial charge in [0.25, 0.3) is 0 Å². The minimum Gasteiger partial charge on any atom is -0.467 e. The van der Waals surface area contributed by atoms with Gasteiger partial charge in [0.05, 0.1) is 31.6 Å². The molecule has 6 rings (SSSR count). The molecule has 13 heteroatoms.